The number of piperidine rings is 1. The summed E-state index contributed by atoms with van der Waals surface area (Å²) in [6, 6.07) is 5.26. The Labute approximate surface area is 128 Å². The van der Waals surface area contributed by atoms with E-state index in [-0.39, 0.29) is 10.6 Å². The number of nitro groups is 1. The third kappa shape index (κ3) is 3.38. The van der Waals surface area contributed by atoms with Crippen molar-refractivity contribution >= 4 is 21.6 Å². The average Bonchev–Trinajstić information content (AvgIpc) is 2.43. The Balaban J connectivity index is 2.05. The van der Waals surface area contributed by atoms with E-state index in [1.807, 2.05) is 6.07 Å². The van der Waals surface area contributed by atoms with Crippen LogP contribution in [0, 0.1) is 15.5 Å². The van der Waals surface area contributed by atoms with Crippen LogP contribution in [0.25, 0.3) is 0 Å². The first-order valence-corrected chi connectivity index (χ1v) is 7.88. The molecule has 5 heteroatoms. The monoisotopic (exact) mass is 340 g/mol. The molecule has 1 heterocycles. The molecule has 1 saturated heterocycles. The highest BCUT2D eigenvalue weighted by molar-refractivity contribution is 9.10. The van der Waals surface area contributed by atoms with Crippen LogP contribution >= 0.6 is 15.9 Å². The van der Waals surface area contributed by atoms with E-state index in [1.54, 1.807) is 6.07 Å². The second kappa shape index (κ2) is 6.22. The van der Waals surface area contributed by atoms with Gasteiger partial charge in [0, 0.05) is 12.6 Å². The number of hydrogen-bond donors (Lipinski definition) is 0. The van der Waals surface area contributed by atoms with Crippen molar-refractivity contribution in [1.29, 1.82) is 0 Å². The molecule has 0 spiro atoms. The second-order valence-electron chi connectivity index (χ2n) is 5.95. The van der Waals surface area contributed by atoms with Gasteiger partial charge in [0.25, 0.3) is 5.69 Å². The van der Waals surface area contributed by atoms with Crippen molar-refractivity contribution in [2.45, 2.75) is 39.7 Å². The van der Waals surface area contributed by atoms with Gasteiger partial charge in [0.2, 0.25) is 0 Å². The lowest BCUT2D eigenvalue weighted by Gasteiger charge is -2.39. The molecule has 0 amide bonds. The van der Waals surface area contributed by atoms with Crippen LogP contribution in [0.1, 0.15) is 38.7 Å². The summed E-state index contributed by atoms with van der Waals surface area (Å²) in [4.78, 5) is 13.0. The highest BCUT2D eigenvalue weighted by Gasteiger charge is 2.28. The Morgan fingerprint density at radius 1 is 1.40 bits per heavy atom. The van der Waals surface area contributed by atoms with E-state index in [2.05, 4.69) is 34.7 Å². The average molecular weight is 341 g/mol. The molecular formula is C15H21BrN2O2. The van der Waals surface area contributed by atoms with Crippen molar-refractivity contribution in [3.63, 3.8) is 0 Å². The van der Waals surface area contributed by atoms with Gasteiger partial charge in [0.15, 0.2) is 0 Å². The Morgan fingerprint density at radius 2 is 2.05 bits per heavy atom. The zero-order valence-electron chi connectivity index (χ0n) is 12.1. The zero-order valence-corrected chi connectivity index (χ0v) is 13.6. The molecule has 0 aromatic heterocycles. The molecule has 0 unspecified atom stereocenters. The van der Waals surface area contributed by atoms with Gasteiger partial charge in [-0.15, -0.1) is 0 Å². The van der Waals surface area contributed by atoms with Gasteiger partial charge in [-0.05, 0) is 52.8 Å². The molecule has 1 aliphatic rings. The molecule has 0 saturated carbocycles. The van der Waals surface area contributed by atoms with Crippen molar-refractivity contribution in [3.05, 3.63) is 38.3 Å². The predicted molar refractivity (Wildman–Crippen MR) is 83.7 cm³/mol. The van der Waals surface area contributed by atoms with E-state index >= 15 is 0 Å². The molecule has 4 nitrogen and oxygen atoms in total. The van der Waals surface area contributed by atoms with Crippen LogP contribution in [0.2, 0.25) is 0 Å². The SMILES string of the molecule is CCC1(C)CCN(Cc2cccc([N+](=O)[O-])c2Br)CC1. The minimum atomic E-state index is -0.335. The van der Waals surface area contributed by atoms with Crippen LogP contribution in [-0.4, -0.2) is 22.9 Å². The molecule has 110 valence electrons. The van der Waals surface area contributed by atoms with Gasteiger partial charge in [0.1, 0.15) is 0 Å². The Hall–Kier alpha value is -0.940. The number of hydrogen-bond acceptors (Lipinski definition) is 3. The van der Waals surface area contributed by atoms with Gasteiger partial charge in [-0.2, -0.15) is 0 Å². The van der Waals surface area contributed by atoms with Gasteiger partial charge in [-0.3, -0.25) is 15.0 Å². The molecule has 0 aliphatic carbocycles. The van der Waals surface area contributed by atoms with E-state index in [1.165, 1.54) is 25.3 Å². The van der Waals surface area contributed by atoms with Crippen molar-refractivity contribution in [1.82, 2.24) is 4.90 Å². The largest absolute Gasteiger partial charge is 0.299 e. The van der Waals surface area contributed by atoms with Crippen LogP contribution < -0.4 is 0 Å². The maximum atomic E-state index is 11.0. The Morgan fingerprint density at radius 3 is 2.60 bits per heavy atom. The van der Waals surface area contributed by atoms with Crippen LogP contribution in [0.4, 0.5) is 5.69 Å². The summed E-state index contributed by atoms with van der Waals surface area (Å²) in [6.07, 6.45) is 3.63. The third-order valence-corrected chi connectivity index (χ3v) is 5.48. The topological polar surface area (TPSA) is 46.4 Å². The molecule has 0 N–H and O–H groups in total. The number of benzene rings is 1. The van der Waals surface area contributed by atoms with Crippen LogP contribution in [0.3, 0.4) is 0 Å². The maximum absolute atomic E-state index is 11.0. The predicted octanol–water partition coefficient (Wildman–Crippen LogP) is 4.37. The summed E-state index contributed by atoms with van der Waals surface area (Å²) in [5.41, 5.74) is 1.62. The lowest BCUT2D eigenvalue weighted by atomic mass is 9.78. The molecule has 1 aliphatic heterocycles. The number of likely N-dealkylation sites (tertiary alicyclic amines) is 1. The summed E-state index contributed by atoms with van der Waals surface area (Å²) in [5.74, 6) is 0. The number of halogens is 1. The third-order valence-electron chi connectivity index (χ3n) is 4.57. The van der Waals surface area contributed by atoms with Crippen molar-refractivity contribution in [3.8, 4) is 0 Å². The van der Waals surface area contributed by atoms with Crippen molar-refractivity contribution < 1.29 is 4.92 Å². The van der Waals surface area contributed by atoms with Gasteiger partial charge < -0.3 is 0 Å². The van der Waals surface area contributed by atoms with E-state index < -0.39 is 0 Å². The number of nitro benzene ring substituents is 1. The lowest BCUT2D eigenvalue weighted by molar-refractivity contribution is -0.385. The molecular weight excluding hydrogens is 320 g/mol. The molecule has 1 fully saturated rings. The lowest BCUT2D eigenvalue weighted by Crippen LogP contribution is -2.38. The fraction of sp³-hybridized carbons (Fsp3) is 0.600. The molecule has 2 rings (SSSR count). The zero-order chi connectivity index (χ0) is 14.8. The standard InChI is InChI=1S/C15H21BrN2O2/c1-3-15(2)7-9-17(10-8-15)11-12-5-4-6-13(14(12)16)18(19)20/h4-6H,3,7-11H2,1-2H3. The number of rotatable bonds is 4. The minimum Gasteiger partial charge on any atom is -0.299 e. The maximum Gasteiger partial charge on any atom is 0.283 e. The molecule has 1 aromatic rings. The first-order chi connectivity index (χ1) is 9.45. The first-order valence-electron chi connectivity index (χ1n) is 7.09. The quantitative estimate of drug-likeness (QED) is 0.603. The Kier molecular flexibility index (Phi) is 4.81. The van der Waals surface area contributed by atoms with Gasteiger partial charge >= 0.3 is 0 Å². The highest BCUT2D eigenvalue weighted by atomic mass is 79.9. The second-order valence-corrected chi connectivity index (χ2v) is 6.74. The first kappa shape index (κ1) is 15.4. The van der Waals surface area contributed by atoms with Crippen LogP contribution in [0.5, 0.6) is 0 Å². The fourth-order valence-electron chi connectivity index (χ4n) is 2.67. The Bertz CT molecular complexity index is 497. The van der Waals surface area contributed by atoms with E-state index in [0.29, 0.717) is 9.89 Å². The summed E-state index contributed by atoms with van der Waals surface area (Å²) < 4.78 is 0.619. The molecule has 0 atom stereocenters. The summed E-state index contributed by atoms with van der Waals surface area (Å²) in [7, 11) is 0. The molecule has 1 aromatic carbocycles. The van der Waals surface area contributed by atoms with Crippen LogP contribution in [0.15, 0.2) is 22.7 Å². The molecule has 20 heavy (non-hydrogen) atoms. The normalized spacial score (nSPS) is 18.9. The van der Waals surface area contributed by atoms with E-state index in [0.717, 1.165) is 25.2 Å². The van der Waals surface area contributed by atoms with Gasteiger partial charge in [0.05, 0.1) is 9.40 Å². The van der Waals surface area contributed by atoms with Gasteiger partial charge in [-0.25, -0.2) is 0 Å². The van der Waals surface area contributed by atoms with Crippen molar-refractivity contribution in [2.24, 2.45) is 5.41 Å². The van der Waals surface area contributed by atoms with Gasteiger partial charge in [-0.1, -0.05) is 32.4 Å². The summed E-state index contributed by atoms with van der Waals surface area (Å²) in [6.45, 7) is 7.53. The number of nitrogens with zero attached hydrogens (tertiary/aromatic N) is 2. The molecule has 0 radical (unpaired) electrons. The van der Waals surface area contributed by atoms with Crippen molar-refractivity contribution in [2.75, 3.05) is 13.1 Å². The van der Waals surface area contributed by atoms with E-state index in [9.17, 15) is 10.1 Å². The molecule has 0 bridgehead atoms. The fourth-order valence-corrected chi connectivity index (χ4v) is 3.21. The summed E-state index contributed by atoms with van der Waals surface area (Å²) >= 11 is 3.38. The smallest absolute Gasteiger partial charge is 0.283 e. The highest BCUT2D eigenvalue weighted by Crippen LogP contribution is 2.35. The minimum absolute atomic E-state index is 0.151. The summed E-state index contributed by atoms with van der Waals surface area (Å²) in [5, 5.41) is 11.0. The van der Waals surface area contributed by atoms with E-state index in [4.69, 9.17) is 0 Å². The van der Waals surface area contributed by atoms with Crippen LogP contribution in [-0.2, 0) is 6.54 Å².